The minimum Gasteiger partial charge on any atom is -0.455 e. The smallest absolute Gasteiger partial charge is 0.310 e. The van der Waals surface area contributed by atoms with E-state index in [9.17, 15) is 14.0 Å². The summed E-state index contributed by atoms with van der Waals surface area (Å²) in [5.41, 5.74) is 2.28. The van der Waals surface area contributed by atoms with E-state index in [1.807, 2.05) is 24.3 Å². The fourth-order valence-corrected chi connectivity index (χ4v) is 2.62. The first kappa shape index (κ1) is 19.9. The normalized spacial score (nSPS) is 10.5. The SMILES string of the molecule is CCc1ccc(CN(C)C(=O)COC(=O)Cc2c(F)cccc2Cl)cc1. The predicted molar refractivity (Wildman–Crippen MR) is 98.4 cm³/mol. The van der Waals surface area contributed by atoms with Gasteiger partial charge in [0.2, 0.25) is 0 Å². The van der Waals surface area contributed by atoms with E-state index in [2.05, 4.69) is 6.92 Å². The van der Waals surface area contributed by atoms with Crippen LogP contribution in [0.5, 0.6) is 0 Å². The second-order valence-electron chi connectivity index (χ2n) is 5.96. The average Bonchev–Trinajstić information content (AvgIpc) is 2.63. The van der Waals surface area contributed by atoms with E-state index in [1.165, 1.54) is 28.7 Å². The Hall–Kier alpha value is -2.40. The van der Waals surface area contributed by atoms with Crippen molar-refractivity contribution in [1.29, 1.82) is 0 Å². The van der Waals surface area contributed by atoms with Crippen LogP contribution in [0.3, 0.4) is 0 Å². The van der Waals surface area contributed by atoms with E-state index in [0.29, 0.717) is 6.54 Å². The molecule has 0 bridgehead atoms. The number of benzene rings is 2. The summed E-state index contributed by atoms with van der Waals surface area (Å²) in [6.07, 6.45) is 0.637. The summed E-state index contributed by atoms with van der Waals surface area (Å²) in [6.45, 7) is 2.10. The van der Waals surface area contributed by atoms with Gasteiger partial charge in [-0.15, -0.1) is 0 Å². The van der Waals surface area contributed by atoms with Crippen molar-refractivity contribution >= 4 is 23.5 Å². The average molecular weight is 378 g/mol. The third-order valence-corrected chi connectivity index (χ3v) is 4.37. The van der Waals surface area contributed by atoms with Crippen molar-refractivity contribution in [3.63, 3.8) is 0 Å². The van der Waals surface area contributed by atoms with E-state index in [1.54, 1.807) is 7.05 Å². The first-order chi connectivity index (χ1) is 12.4. The molecule has 0 aromatic heterocycles. The number of aryl methyl sites for hydroxylation is 1. The molecule has 26 heavy (non-hydrogen) atoms. The Morgan fingerprint density at radius 3 is 2.38 bits per heavy atom. The summed E-state index contributed by atoms with van der Waals surface area (Å²) in [4.78, 5) is 25.4. The highest BCUT2D eigenvalue weighted by Gasteiger charge is 2.16. The Balaban J connectivity index is 1.83. The molecular formula is C20H21ClFNO3. The Morgan fingerprint density at radius 2 is 1.77 bits per heavy atom. The van der Waals surface area contributed by atoms with Crippen molar-refractivity contribution in [3.8, 4) is 0 Å². The van der Waals surface area contributed by atoms with Gasteiger partial charge in [0.15, 0.2) is 6.61 Å². The van der Waals surface area contributed by atoms with Gasteiger partial charge in [-0.2, -0.15) is 0 Å². The highest BCUT2D eigenvalue weighted by atomic mass is 35.5. The topological polar surface area (TPSA) is 46.6 Å². The van der Waals surface area contributed by atoms with Gasteiger partial charge in [-0.25, -0.2) is 4.39 Å². The fourth-order valence-electron chi connectivity index (χ4n) is 2.39. The van der Waals surface area contributed by atoms with E-state index in [-0.39, 0.29) is 22.9 Å². The molecule has 0 saturated heterocycles. The number of halogens is 2. The number of carbonyl (C=O) groups excluding carboxylic acids is 2. The number of nitrogens with zero attached hydrogens (tertiary/aromatic N) is 1. The first-order valence-electron chi connectivity index (χ1n) is 8.31. The number of rotatable bonds is 7. The predicted octanol–water partition coefficient (Wildman–Crippen LogP) is 3.79. The molecule has 2 aromatic rings. The quantitative estimate of drug-likeness (QED) is 0.690. The van der Waals surface area contributed by atoms with Gasteiger partial charge < -0.3 is 9.64 Å². The van der Waals surface area contributed by atoms with Gasteiger partial charge in [0.25, 0.3) is 5.91 Å². The van der Waals surface area contributed by atoms with Crippen LogP contribution in [0.25, 0.3) is 0 Å². The lowest BCUT2D eigenvalue weighted by atomic mass is 10.1. The Morgan fingerprint density at radius 1 is 1.12 bits per heavy atom. The molecule has 0 atom stereocenters. The van der Waals surface area contributed by atoms with Crippen molar-refractivity contribution in [2.45, 2.75) is 26.3 Å². The molecule has 0 saturated carbocycles. The zero-order chi connectivity index (χ0) is 19.1. The monoisotopic (exact) mass is 377 g/mol. The van der Waals surface area contributed by atoms with Crippen molar-refractivity contribution in [2.75, 3.05) is 13.7 Å². The lowest BCUT2D eigenvalue weighted by Crippen LogP contribution is -2.31. The van der Waals surface area contributed by atoms with E-state index in [4.69, 9.17) is 16.3 Å². The summed E-state index contributed by atoms with van der Waals surface area (Å²) in [5.74, 6) is -1.61. The highest BCUT2D eigenvalue weighted by Crippen LogP contribution is 2.19. The van der Waals surface area contributed by atoms with Crippen LogP contribution in [-0.4, -0.2) is 30.4 Å². The van der Waals surface area contributed by atoms with Crippen molar-refractivity contribution in [3.05, 3.63) is 70.0 Å². The molecule has 6 heteroatoms. The summed E-state index contributed by atoms with van der Waals surface area (Å²) in [5, 5.41) is 0.154. The van der Waals surface area contributed by atoms with Crippen molar-refractivity contribution in [1.82, 2.24) is 4.90 Å². The van der Waals surface area contributed by atoms with Crippen molar-refractivity contribution in [2.24, 2.45) is 0 Å². The molecule has 2 rings (SSSR count). The lowest BCUT2D eigenvalue weighted by Gasteiger charge is -2.17. The summed E-state index contributed by atoms with van der Waals surface area (Å²) >= 11 is 5.88. The number of hydrogen-bond donors (Lipinski definition) is 0. The Kier molecular flexibility index (Phi) is 7.16. The molecular weight excluding hydrogens is 357 g/mol. The maximum atomic E-state index is 13.7. The van der Waals surface area contributed by atoms with Crippen LogP contribution in [0, 0.1) is 5.82 Å². The zero-order valence-corrected chi connectivity index (χ0v) is 15.6. The van der Waals surface area contributed by atoms with E-state index < -0.39 is 18.4 Å². The van der Waals surface area contributed by atoms with Gasteiger partial charge in [0.05, 0.1) is 6.42 Å². The van der Waals surface area contributed by atoms with Crippen LogP contribution in [0.4, 0.5) is 4.39 Å². The maximum absolute atomic E-state index is 13.7. The molecule has 0 heterocycles. The van der Waals surface area contributed by atoms with Gasteiger partial charge in [0.1, 0.15) is 5.82 Å². The Bertz CT molecular complexity index is 757. The van der Waals surface area contributed by atoms with Crippen LogP contribution in [-0.2, 0) is 33.7 Å². The molecule has 0 fully saturated rings. The van der Waals surface area contributed by atoms with Crippen LogP contribution in [0.1, 0.15) is 23.6 Å². The summed E-state index contributed by atoms with van der Waals surface area (Å²) in [6, 6.07) is 12.1. The molecule has 2 aromatic carbocycles. The van der Waals surface area contributed by atoms with E-state index >= 15 is 0 Å². The number of hydrogen-bond acceptors (Lipinski definition) is 3. The Labute approximate surface area is 157 Å². The van der Waals surface area contributed by atoms with Crippen LogP contribution >= 0.6 is 11.6 Å². The molecule has 0 N–H and O–H groups in total. The second-order valence-corrected chi connectivity index (χ2v) is 6.36. The summed E-state index contributed by atoms with van der Waals surface area (Å²) < 4.78 is 18.6. The number of likely N-dealkylation sites (N-methyl/N-ethyl adjacent to an activating group) is 1. The molecule has 0 unspecified atom stereocenters. The van der Waals surface area contributed by atoms with Crippen molar-refractivity contribution < 1.29 is 18.7 Å². The highest BCUT2D eigenvalue weighted by molar-refractivity contribution is 6.31. The largest absolute Gasteiger partial charge is 0.455 e. The first-order valence-corrected chi connectivity index (χ1v) is 8.68. The minimum absolute atomic E-state index is 0.0657. The number of esters is 1. The number of ether oxygens (including phenoxy) is 1. The number of carbonyl (C=O) groups is 2. The molecule has 0 radical (unpaired) electrons. The van der Waals surface area contributed by atoms with Gasteiger partial charge in [-0.1, -0.05) is 48.9 Å². The van der Waals surface area contributed by atoms with Crippen LogP contribution in [0.2, 0.25) is 5.02 Å². The molecule has 1 amide bonds. The summed E-state index contributed by atoms with van der Waals surface area (Å²) in [7, 11) is 1.64. The maximum Gasteiger partial charge on any atom is 0.310 e. The van der Waals surface area contributed by atoms with E-state index in [0.717, 1.165) is 12.0 Å². The minimum atomic E-state index is -0.703. The molecule has 138 valence electrons. The van der Waals surface area contributed by atoms with Crippen LogP contribution in [0.15, 0.2) is 42.5 Å². The third kappa shape index (κ3) is 5.56. The third-order valence-electron chi connectivity index (χ3n) is 4.02. The fraction of sp³-hybridized carbons (Fsp3) is 0.300. The lowest BCUT2D eigenvalue weighted by molar-refractivity contribution is -0.151. The molecule has 0 aliphatic carbocycles. The van der Waals surface area contributed by atoms with Crippen LogP contribution < -0.4 is 0 Å². The zero-order valence-electron chi connectivity index (χ0n) is 14.8. The molecule has 0 spiro atoms. The molecule has 4 nitrogen and oxygen atoms in total. The van der Waals surface area contributed by atoms with Gasteiger partial charge in [-0.05, 0) is 29.7 Å². The van der Waals surface area contributed by atoms with Gasteiger partial charge >= 0.3 is 5.97 Å². The second kappa shape index (κ2) is 9.34. The van der Waals surface area contributed by atoms with Gasteiger partial charge in [-0.3, -0.25) is 9.59 Å². The number of amides is 1. The molecule has 0 aliphatic heterocycles. The molecule has 0 aliphatic rings. The standard InChI is InChI=1S/C20H21ClFNO3/c1-3-14-7-9-15(10-8-14)12-23(2)19(24)13-26-20(25)11-16-17(21)5-4-6-18(16)22/h4-10H,3,11-13H2,1-2H3. The van der Waals surface area contributed by atoms with Gasteiger partial charge in [0, 0.05) is 24.2 Å².